The molecule has 0 aliphatic carbocycles. The van der Waals surface area contributed by atoms with Gasteiger partial charge in [-0.15, -0.1) is 0 Å². The number of ether oxygens (including phenoxy) is 2. The summed E-state index contributed by atoms with van der Waals surface area (Å²) in [6, 6.07) is 20.8. The number of carbonyl (C=O) groups excluding carboxylic acids is 2. The summed E-state index contributed by atoms with van der Waals surface area (Å²) in [5.41, 5.74) is 5.45. The summed E-state index contributed by atoms with van der Waals surface area (Å²) >= 11 is 0. The summed E-state index contributed by atoms with van der Waals surface area (Å²) in [7, 11) is 1.56. The standard InChI is InChI=1S/C23H22N2O4/c1-16(29-20-13-11-17-7-3-4-9-19(17)15-20)23(27)25-24-22(26)14-12-18-8-5-6-10-21(18)28-2/h3-16H,1-2H3,(H,24,26)(H,25,27). The minimum absolute atomic E-state index is 0.461. The van der Waals surface area contributed by atoms with Crippen LogP contribution < -0.4 is 20.3 Å². The van der Waals surface area contributed by atoms with Crippen LogP contribution in [0.3, 0.4) is 0 Å². The third kappa shape index (κ3) is 5.35. The zero-order chi connectivity index (χ0) is 20.6. The Morgan fingerprint density at radius 2 is 1.66 bits per heavy atom. The van der Waals surface area contributed by atoms with E-state index in [4.69, 9.17) is 9.47 Å². The van der Waals surface area contributed by atoms with Crippen molar-refractivity contribution in [2.45, 2.75) is 13.0 Å². The molecule has 0 aliphatic rings. The number of nitrogens with one attached hydrogen (secondary N) is 2. The van der Waals surface area contributed by atoms with Gasteiger partial charge in [-0.1, -0.05) is 48.5 Å². The normalized spacial score (nSPS) is 11.8. The van der Waals surface area contributed by atoms with Crippen LogP contribution in [-0.4, -0.2) is 25.0 Å². The molecule has 0 spiro atoms. The summed E-state index contributed by atoms with van der Waals surface area (Å²) in [6.45, 7) is 1.61. The molecular weight excluding hydrogens is 368 g/mol. The number of rotatable bonds is 6. The lowest BCUT2D eigenvalue weighted by Gasteiger charge is -2.15. The van der Waals surface area contributed by atoms with Crippen molar-refractivity contribution < 1.29 is 19.1 Å². The number of fused-ring (bicyclic) bond motifs is 1. The Morgan fingerprint density at radius 3 is 2.45 bits per heavy atom. The molecule has 6 nitrogen and oxygen atoms in total. The Balaban J connectivity index is 1.52. The predicted molar refractivity (Wildman–Crippen MR) is 112 cm³/mol. The first-order valence-corrected chi connectivity index (χ1v) is 9.13. The number of amides is 2. The van der Waals surface area contributed by atoms with Crippen molar-refractivity contribution in [3.63, 3.8) is 0 Å². The zero-order valence-electron chi connectivity index (χ0n) is 16.2. The fourth-order valence-electron chi connectivity index (χ4n) is 2.73. The predicted octanol–water partition coefficient (Wildman–Crippen LogP) is 3.48. The Hall–Kier alpha value is -3.80. The lowest BCUT2D eigenvalue weighted by atomic mass is 10.1. The van der Waals surface area contributed by atoms with Gasteiger partial charge in [0.25, 0.3) is 11.8 Å². The summed E-state index contributed by atoms with van der Waals surface area (Å²) in [5, 5.41) is 2.11. The lowest BCUT2D eigenvalue weighted by molar-refractivity contribution is -0.131. The monoisotopic (exact) mass is 390 g/mol. The maximum absolute atomic E-state index is 12.2. The van der Waals surface area contributed by atoms with Gasteiger partial charge in [-0.2, -0.15) is 0 Å². The quantitative estimate of drug-likeness (QED) is 0.499. The van der Waals surface area contributed by atoms with Crippen LogP contribution in [-0.2, 0) is 9.59 Å². The van der Waals surface area contributed by atoms with Crippen molar-refractivity contribution in [3.8, 4) is 11.5 Å². The molecule has 3 aromatic rings. The second kappa shape index (κ2) is 9.41. The van der Waals surface area contributed by atoms with Crippen molar-refractivity contribution in [2.75, 3.05) is 7.11 Å². The number of para-hydroxylation sites is 1. The first-order valence-electron chi connectivity index (χ1n) is 9.13. The molecular formula is C23H22N2O4. The van der Waals surface area contributed by atoms with Crippen molar-refractivity contribution in [3.05, 3.63) is 78.4 Å². The van der Waals surface area contributed by atoms with E-state index >= 15 is 0 Å². The Kier molecular flexibility index (Phi) is 6.47. The van der Waals surface area contributed by atoms with Gasteiger partial charge < -0.3 is 9.47 Å². The molecule has 0 aromatic heterocycles. The first-order chi connectivity index (χ1) is 14.1. The van der Waals surface area contributed by atoms with Gasteiger partial charge in [-0.25, -0.2) is 0 Å². The molecule has 3 rings (SSSR count). The molecule has 0 radical (unpaired) electrons. The van der Waals surface area contributed by atoms with E-state index in [1.165, 1.54) is 6.08 Å². The molecule has 0 aliphatic heterocycles. The maximum Gasteiger partial charge on any atom is 0.279 e. The number of hydrogen-bond donors (Lipinski definition) is 2. The van der Waals surface area contributed by atoms with Gasteiger partial charge >= 0.3 is 0 Å². The molecule has 2 N–H and O–H groups in total. The average molecular weight is 390 g/mol. The molecule has 148 valence electrons. The smallest absolute Gasteiger partial charge is 0.279 e. The minimum atomic E-state index is -0.783. The maximum atomic E-state index is 12.2. The van der Waals surface area contributed by atoms with Gasteiger partial charge in [0.15, 0.2) is 6.10 Å². The topological polar surface area (TPSA) is 76.7 Å². The van der Waals surface area contributed by atoms with E-state index in [2.05, 4.69) is 10.9 Å². The highest BCUT2D eigenvalue weighted by molar-refractivity contribution is 5.94. The van der Waals surface area contributed by atoms with Crippen LogP contribution in [0, 0.1) is 0 Å². The molecule has 2 amide bonds. The molecule has 0 heterocycles. The third-order valence-corrected chi connectivity index (χ3v) is 4.27. The van der Waals surface area contributed by atoms with Crippen LogP contribution in [0.5, 0.6) is 11.5 Å². The van der Waals surface area contributed by atoms with E-state index in [-0.39, 0.29) is 0 Å². The first kappa shape index (κ1) is 19.9. The fourth-order valence-corrected chi connectivity index (χ4v) is 2.73. The van der Waals surface area contributed by atoms with Crippen LogP contribution in [0.25, 0.3) is 16.8 Å². The molecule has 3 aromatic carbocycles. The van der Waals surface area contributed by atoms with E-state index in [9.17, 15) is 9.59 Å². The van der Waals surface area contributed by atoms with Gasteiger partial charge in [-0.05, 0) is 42.0 Å². The number of hydrazine groups is 1. The fraction of sp³-hybridized carbons (Fsp3) is 0.130. The molecule has 1 atom stereocenters. The van der Waals surface area contributed by atoms with E-state index in [1.54, 1.807) is 32.2 Å². The summed E-state index contributed by atoms with van der Waals surface area (Å²) in [5.74, 6) is 0.297. The van der Waals surface area contributed by atoms with Crippen molar-refractivity contribution >= 4 is 28.7 Å². The van der Waals surface area contributed by atoms with E-state index in [0.29, 0.717) is 11.5 Å². The van der Waals surface area contributed by atoms with Crippen LogP contribution >= 0.6 is 0 Å². The molecule has 0 fully saturated rings. The van der Waals surface area contributed by atoms with Crippen LogP contribution in [0.2, 0.25) is 0 Å². The second-order valence-electron chi connectivity index (χ2n) is 6.32. The van der Waals surface area contributed by atoms with Crippen molar-refractivity contribution in [2.24, 2.45) is 0 Å². The van der Waals surface area contributed by atoms with E-state index in [1.807, 2.05) is 54.6 Å². The summed E-state index contributed by atoms with van der Waals surface area (Å²) in [4.78, 5) is 24.1. The van der Waals surface area contributed by atoms with E-state index < -0.39 is 17.9 Å². The average Bonchev–Trinajstić information content (AvgIpc) is 2.76. The van der Waals surface area contributed by atoms with Crippen molar-refractivity contribution in [1.82, 2.24) is 10.9 Å². The van der Waals surface area contributed by atoms with Crippen molar-refractivity contribution in [1.29, 1.82) is 0 Å². The lowest BCUT2D eigenvalue weighted by Crippen LogP contribution is -2.46. The number of hydrogen-bond acceptors (Lipinski definition) is 4. The largest absolute Gasteiger partial charge is 0.496 e. The Bertz CT molecular complexity index is 1050. The van der Waals surface area contributed by atoms with E-state index in [0.717, 1.165) is 16.3 Å². The van der Waals surface area contributed by atoms with Crippen LogP contribution in [0.1, 0.15) is 12.5 Å². The van der Waals surface area contributed by atoms with Gasteiger partial charge in [0, 0.05) is 11.6 Å². The van der Waals surface area contributed by atoms with Gasteiger partial charge in [-0.3, -0.25) is 20.4 Å². The zero-order valence-corrected chi connectivity index (χ0v) is 16.2. The Labute approximate surface area is 169 Å². The molecule has 1 unspecified atom stereocenters. The van der Waals surface area contributed by atoms with Gasteiger partial charge in [0.2, 0.25) is 0 Å². The SMILES string of the molecule is COc1ccccc1C=CC(=O)NNC(=O)C(C)Oc1ccc2ccccc2c1. The summed E-state index contributed by atoms with van der Waals surface area (Å²) < 4.78 is 10.9. The molecule has 29 heavy (non-hydrogen) atoms. The highest BCUT2D eigenvalue weighted by atomic mass is 16.5. The number of benzene rings is 3. The molecule has 0 saturated heterocycles. The van der Waals surface area contributed by atoms with Crippen LogP contribution in [0.15, 0.2) is 72.8 Å². The number of carbonyl (C=O) groups is 2. The molecule has 0 saturated carbocycles. The summed E-state index contributed by atoms with van der Waals surface area (Å²) in [6.07, 6.45) is 2.14. The Morgan fingerprint density at radius 1 is 0.931 bits per heavy atom. The minimum Gasteiger partial charge on any atom is -0.496 e. The van der Waals surface area contributed by atoms with Gasteiger partial charge in [0.1, 0.15) is 11.5 Å². The molecule has 0 bridgehead atoms. The highest BCUT2D eigenvalue weighted by Gasteiger charge is 2.15. The van der Waals surface area contributed by atoms with Crippen LogP contribution in [0.4, 0.5) is 0 Å². The molecule has 6 heteroatoms. The second-order valence-corrected chi connectivity index (χ2v) is 6.32. The highest BCUT2D eigenvalue weighted by Crippen LogP contribution is 2.21. The third-order valence-electron chi connectivity index (χ3n) is 4.27. The number of methoxy groups -OCH3 is 1. The van der Waals surface area contributed by atoms with Gasteiger partial charge in [0.05, 0.1) is 7.11 Å².